The number of ether oxygens (including phenoxy) is 6. The zero-order chi connectivity index (χ0) is 47.5. The molecule has 0 amide bonds. The largest absolute Gasteiger partial charge is 0.459 e. The third-order valence-corrected chi connectivity index (χ3v) is 14.3. The molecule has 19 atom stereocenters. The molecule has 1 aromatic heterocycles. The van der Waals surface area contributed by atoms with Gasteiger partial charge in [0.2, 0.25) is 0 Å². The summed E-state index contributed by atoms with van der Waals surface area (Å²) in [6, 6.07) is -0.909. The number of carbonyl (C=O) groups excluding carboxylic acids is 1. The summed E-state index contributed by atoms with van der Waals surface area (Å²) in [5.74, 6) is -3.77. The summed E-state index contributed by atoms with van der Waals surface area (Å²) < 4.78 is 39.3. The fourth-order valence-corrected chi connectivity index (χ4v) is 10.3. The molecular weight excluding hydrogens is 821 g/mol. The highest BCUT2D eigenvalue weighted by atomic mass is 16.7. The number of cyclic esters (lactones) is 1. The predicted octanol–water partition coefficient (Wildman–Crippen LogP) is 1.42. The van der Waals surface area contributed by atoms with E-state index in [9.17, 15) is 39.9 Å². The third-order valence-electron chi connectivity index (χ3n) is 14.3. The van der Waals surface area contributed by atoms with E-state index in [0.717, 1.165) is 0 Å². The van der Waals surface area contributed by atoms with Gasteiger partial charge in [-0.1, -0.05) is 27.7 Å². The van der Waals surface area contributed by atoms with E-state index in [4.69, 9.17) is 28.4 Å². The Balaban J connectivity index is 1.82. The molecule has 4 heterocycles. The number of aliphatic hydroxyl groups excluding tert-OH is 3. The second-order valence-corrected chi connectivity index (χ2v) is 19.8. The summed E-state index contributed by atoms with van der Waals surface area (Å²) in [7, 11) is 5.22. The maximum Gasteiger partial charge on any atom is 0.328 e. The highest BCUT2D eigenvalue weighted by molar-refractivity contribution is 5.73. The Labute approximate surface area is 372 Å². The summed E-state index contributed by atoms with van der Waals surface area (Å²) >= 11 is 0. The van der Waals surface area contributed by atoms with Crippen molar-refractivity contribution in [3.63, 3.8) is 0 Å². The van der Waals surface area contributed by atoms with Gasteiger partial charge in [0, 0.05) is 55.8 Å². The number of likely N-dealkylation sites (N-methyl/N-ethyl adjacent to an activating group) is 1. The van der Waals surface area contributed by atoms with Crippen molar-refractivity contribution in [3.05, 3.63) is 32.6 Å². The van der Waals surface area contributed by atoms with Crippen molar-refractivity contribution < 1.29 is 58.7 Å². The molecule has 0 bridgehead atoms. The van der Waals surface area contributed by atoms with Gasteiger partial charge < -0.3 is 68.7 Å². The first-order valence-corrected chi connectivity index (χ1v) is 22.8. The summed E-state index contributed by atoms with van der Waals surface area (Å²) in [4.78, 5) is 43.2. The molecule has 18 nitrogen and oxygen atoms in total. The van der Waals surface area contributed by atoms with Crippen LogP contribution in [0.25, 0.3) is 0 Å². The average Bonchev–Trinajstić information content (AvgIpc) is 3.20. The van der Waals surface area contributed by atoms with Crippen LogP contribution in [0.5, 0.6) is 0 Å². The molecule has 18 heteroatoms. The predicted molar refractivity (Wildman–Crippen MR) is 234 cm³/mol. The normalized spacial score (nSPS) is 43.7. The van der Waals surface area contributed by atoms with Crippen molar-refractivity contribution in [1.82, 2.24) is 19.8 Å². The quantitative estimate of drug-likeness (QED) is 0.116. The van der Waals surface area contributed by atoms with Crippen LogP contribution in [-0.4, -0.2) is 164 Å². The minimum Gasteiger partial charge on any atom is -0.459 e. The lowest BCUT2D eigenvalue weighted by atomic mass is 9.72. The first-order valence-electron chi connectivity index (χ1n) is 22.8. The van der Waals surface area contributed by atoms with E-state index in [0.29, 0.717) is 24.9 Å². The molecule has 2 unspecified atom stereocenters. The fourth-order valence-electron chi connectivity index (χ4n) is 10.3. The van der Waals surface area contributed by atoms with Gasteiger partial charge in [-0.25, -0.2) is 4.79 Å². The van der Waals surface area contributed by atoms with Crippen LogP contribution < -0.4 is 16.6 Å². The van der Waals surface area contributed by atoms with E-state index in [1.165, 1.54) is 24.8 Å². The Morgan fingerprint density at radius 1 is 0.952 bits per heavy atom. The lowest BCUT2D eigenvalue weighted by Crippen LogP contribution is -2.62. The molecule has 0 aliphatic carbocycles. The Morgan fingerprint density at radius 3 is 2.21 bits per heavy atom. The van der Waals surface area contributed by atoms with Gasteiger partial charge in [-0.05, 0) is 101 Å². The first kappa shape index (κ1) is 53.3. The minimum absolute atomic E-state index is 0.0561. The van der Waals surface area contributed by atoms with E-state index < -0.39 is 119 Å². The number of hydrogen-bond donors (Lipinski definition) is 7. The van der Waals surface area contributed by atoms with Crippen molar-refractivity contribution in [2.45, 2.75) is 205 Å². The Hall–Kier alpha value is -2.33. The first-order chi connectivity index (χ1) is 29.2. The topological polar surface area (TPSA) is 244 Å². The molecule has 0 aromatic carbocycles. The molecule has 3 saturated heterocycles. The number of aromatic amines is 1. The number of H-pyrrole nitrogens is 1. The van der Waals surface area contributed by atoms with Crippen molar-refractivity contribution in [2.24, 2.45) is 23.7 Å². The molecule has 3 fully saturated rings. The van der Waals surface area contributed by atoms with Crippen molar-refractivity contribution in [2.75, 3.05) is 27.7 Å². The van der Waals surface area contributed by atoms with Crippen LogP contribution in [-0.2, 0) is 39.8 Å². The highest BCUT2D eigenvalue weighted by Gasteiger charge is 2.53. The summed E-state index contributed by atoms with van der Waals surface area (Å²) in [5.41, 5.74) is -5.32. The number of aryl methyl sites for hydroxylation is 2. The summed E-state index contributed by atoms with van der Waals surface area (Å²) in [6.07, 6.45) is -7.39. The Morgan fingerprint density at radius 2 is 1.60 bits per heavy atom. The van der Waals surface area contributed by atoms with Gasteiger partial charge in [0.1, 0.15) is 23.9 Å². The number of aliphatic hydroxyl groups is 5. The zero-order valence-corrected chi connectivity index (χ0v) is 40.1. The van der Waals surface area contributed by atoms with Gasteiger partial charge in [-0.2, -0.15) is 0 Å². The van der Waals surface area contributed by atoms with Crippen molar-refractivity contribution in [3.8, 4) is 0 Å². The number of esters is 1. The zero-order valence-electron chi connectivity index (χ0n) is 40.1. The van der Waals surface area contributed by atoms with Crippen LogP contribution in [0, 0.1) is 30.6 Å². The SMILES string of the molecule is CCC1OC(=O)[C@H](C)C(O[C@H]2C[C@@](C)(OC)[C@@H](O)[C@H](C)O2)[C@H](C)[C@@H](O[C@@H]2O[C@H](C)C[C@H](N(C)C)[C@H]2O)[C@](C)(O)C[C@@H](C)[C@H](NCCCn2cc(C)c(=O)[nH]c2=O)[C@H](C)[C@@H](O)[C@]1(C)O. The lowest BCUT2D eigenvalue weighted by molar-refractivity contribution is -0.318. The monoisotopic (exact) mass is 901 g/mol. The second kappa shape index (κ2) is 21.5. The number of rotatable bonds is 12. The molecule has 364 valence electrons. The standard InChI is InChI=1S/C45H80N4O14/c1-15-31-45(11,57)36(51)26(5)33(46-17-16-18-49-22-24(3)39(53)47-42(49)55)23(2)20-43(9,56)38(63-41-34(50)30(48(12)13)19-25(4)59-41)27(6)35(28(7)40(54)61-31)62-32-21-44(10,58-14)37(52)29(8)60-32/h22-23,25-38,41,46,50-52,56-57H,15-21H2,1-14H3,(H,47,53,55)/t23-,25-,26+,27+,28-,29+,30+,31?,32+,33+,34-,35?,36-,37+,38-,41+,43-,44-,45-/m1/s1. The molecule has 4 rings (SSSR count). The van der Waals surface area contributed by atoms with Crippen LogP contribution in [0.1, 0.15) is 107 Å². The number of carbonyl (C=O) groups is 1. The van der Waals surface area contributed by atoms with Gasteiger partial charge in [-0.15, -0.1) is 0 Å². The molecule has 0 spiro atoms. The van der Waals surface area contributed by atoms with E-state index in [1.54, 1.807) is 55.4 Å². The average molecular weight is 901 g/mol. The smallest absolute Gasteiger partial charge is 0.328 e. The van der Waals surface area contributed by atoms with Crippen molar-refractivity contribution in [1.29, 1.82) is 0 Å². The van der Waals surface area contributed by atoms with E-state index in [1.807, 2.05) is 32.8 Å². The molecule has 7 N–H and O–H groups in total. The van der Waals surface area contributed by atoms with Crippen LogP contribution in [0.2, 0.25) is 0 Å². The lowest BCUT2D eigenvalue weighted by Gasteiger charge is -2.49. The maximum atomic E-state index is 14.4. The van der Waals surface area contributed by atoms with Crippen LogP contribution in [0.4, 0.5) is 0 Å². The van der Waals surface area contributed by atoms with E-state index in [2.05, 4.69) is 10.3 Å². The maximum absolute atomic E-state index is 14.4. The highest BCUT2D eigenvalue weighted by Crippen LogP contribution is 2.41. The van der Waals surface area contributed by atoms with Gasteiger partial charge in [0.25, 0.3) is 5.56 Å². The van der Waals surface area contributed by atoms with Crippen LogP contribution in [0.15, 0.2) is 15.8 Å². The third kappa shape index (κ3) is 12.2. The Kier molecular flexibility index (Phi) is 18.2. The number of aromatic nitrogens is 2. The Bertz CT molecular complexity index is 1760. The van der Waals surface area contributed by atoms with E-state index >= 15 is 0 Å². The van der Waals surface area contributed by atoms with Gasteiger partial charge in [0.05, 0.1) is 47.6 Å². The molecule has 63 heavy (non-hydrogen) atoms. The molecular formula is C45H80N4O14. The number of nitrogens with zero attached hydrogens (tertiary/aromatic N) is 2. The molecule has 0 saturated carbocycles. The minimum atomic E-state index is -1.93. The van der Waals surface area contributed by atoms with Crippen LogP contribution in [0.3, 0.4) is 0 Å². The number of nitrogens with one attached hydrogen (secondary N) is 2. The summed E-state index contributed by atoms with van der Waals surface area (Å²) in [6.45, 7) is 19.5. The van der Waals surface area contributed by atoms with Crippen molar-refractivity contribution >= 4 is 5.97 Å². The number of methoxy groups -OCH3 is 1. The molecule has 3 aliphatic rings. The molecule has 0 radical (unpaired) electrons. The van der Waals surface area contributed by atoms with Crippen LogP contribution >= 0.6 is 0 Å². The summed E-state index contributed by atoms with van der Waals surface area (Å²) in [5, 5.41) is 63.4. The van der Waals surface area contributed by atoms with Gasteiger partial charge >= 0.3 is 11.7 Å². The van der Waals surface area contributed by atoms with Gasteiger partial charge in [0.15, 0.2) is 12.6 Å². The molecule has 1 aromatic rings. The second-order valence-electron chi connectivity index (χ2n) is 19.8. The van der Waals surface area contributed by atoms with Gasteiger partial charge in [-0.3, -0.25) is 14.6 Å². The fraction of sp³-hybridized carbons (Fsp3) is 0.889. The molecule has 3 aliphatic heterocycles. The number of hydrogen-bond acceptors (Lipinski definition) is 16. The van der Waals surface area contributed by atoms with E-state index in [-0.39, 0.29) is 38.0 Å².